The van der Waals surface area contributed by atoms with E-state index in [2.05, 4.69) is 14.7 Å². The molecule has 8 nitrogen and oxygen atoms in total. The SMILES string of the molecule is N=Cn1c(OCc2cccc(NC(=O)C(F)(F)Oc3ccc(F)cc3)n2)nc2ccccc21. The minimum absolute atomic E-state index is 0.0939. The number of amides is 1. The van der Waals surface area contributed by atoms with E-state index >= 15 is 0 Å². The minimum atomic E-state index is -4.22. The van der Waals surface area contributed by atoms with Crippen LogP contribution in [0.3, 0.4) is 0 Å². The van der Waals surface area contributed by atoms with Crippen molar-refractivity contribution in [3.63, 3.8) is 0 Å². The van der Waals surface area contributed by atoms with E-state index < -0.39 is 17.8 Å². The number of rotatable bonds is 8. The van der Waals surface area contributed by atoms with Crippen molar-refractivity contribution in [3.8, 4) is 11.8 Å². The molecular weight excluding hydrogens is 439 g/mol. The minimum Gasteiger partial charge on any atom is -0.458 e. The van der Waals surface area contributed by atoms with Gasteiger partial charge in [0.2, 0.25) is 0 Å². The van der Waals surface area contributed by atoms with Crippen molar-refractivity contribution in [2.24, 2.45) is 0 Å². The molecular formula is C22H16F3N5O3. The van der Waals surface area contributed by atoms with Crippen LogP contribution in [-0.2, 0) is 11.4 Å². The van der Waals surface area contributed by atoms with Gasteiger partial charge >= 0.3 is 18.0 Å². The van der Waals surface area contributed by atoms with Gasteiger partial charge in [-0.15, -0.1) is 0 Å². The number of carbonyl (C=O) groups excluding carboxylic acids is 1. The fourth-order valence-electron chi connectivity index (χ4n) is 2.90. The number of hydrogen-bond acceptors (Lipinski definition) is 6. The lowest BCUT2D eigenvalue weighted by Crippen LogP contribution is -2.40. The van der Waals surface area contributed by atoms with E-state index in [1.165, 1.54) is 16.7 Å². The Morgan fingerprint density at radius 3 is 2.58 bits per heavy atom. The fraction of sp³-hybridized carbons (Fsp3) is 0.0909. The summed E-state index contributed by atoms with van der Waals surface area (Å²) in [5.74, 6) is -2.90. The monoisotopic (exact) mass is 455 g/mol. The van der Waals surface area contributed by atoms with E-state index in [1.54, 1.807) is 30.3 Å². The van der Waals surface area contributed by atoms with E-state index in [9.17, 15) is 18.0 Å². The zero-order valence-electron chi connectivity index (χ0n) is 16.8. The highest BCUT2D eigenvalue weighted by Gasteiger charge is 2.42. The number of fused-ring (bicyclic) bond motifs is 1. The van der Waals surface area contributed by atoms with Gasteiger partial charge in [0.15, 0.2) is 0 Å². The predicted molar refractivity (Wildman–Crippen MR) is 113 cm³/mol. The van der Waals surface area contributed by atoms with Crippen molar-refractivity contribution in [3.05, 3.63) is 78.2 Å². The third-order valence-corrected chi connectivity index (χ3v) is 4.41. The molecule has 0 radical (unpaired) electrons. The zero-order valence-corrected chi connectivity index (χ0v) is 16.8. The molecule has 0 fully saturated rings. The first-order chi connectivity index (χ1) is 15.9. The highest BCUT2D eigenvalue weighted by atomic mass is 19.3. The summed E-state index contributed by atoms with van der Waals surface area (Å²) in [6, 6.07) is 15.5. The maximum absolute atomic E-state index is 14.1. The Morgan fingerprint density at radius 2 is 1.82 bits per heavy atom. The topological polar surface area (TPSA) is 102 Å². The molecule has 2 N–H and O–H groups in total. The number of nitrogens with one attached hydrogen (secondary N) is 2. The number of halogens is 3. The summed E-state index contributed by atoms with van der Waals surface area (Å²) >= 11 is 0. The Hall–Kier alpha value is -4.41. The molecule has 0 unspecified atom stereocenters. The van der Waals surface area contributed by atoms with Crippen LogP contribution in [0.25, 0.3) is 11.0 Å². The summed E-state index contributed by atoms with van der Waals surface area (Å²) < 4.78 is 52.6. The Bertz CT molecular complexity index is 1310. The Kier molecular flexibility index (Phi) is 5.94. The number of anilines is 1. The molecule has 0 saturated carbocycles. The van der Waals surface area contributed by atoms with Crippen LogP contribution in [0.5, 0.6) is 11.8 Å². The quantitative estimate of drug-likeness (QED) is 0.306. The van der Waals surface area contributed by atoms with Gasteiger partial charge in [-0.3, -0.25) is 14.8 Å². The van der Waals surface area contributed by atoms with Crippen molar-refractivity contribution in [1.29, 1.82) is 5.41 Å². The number of benzene rings is 2. The van der Waals surface area contributed by atoms with E-state index in [1.807, 2.05) is 5.32 Å². The van der Waals surface area contributed by atoms with Gasteiger partial charge in [0.25, 0.3) is 0 Å². The van der Waals surface area contributed by atoms with Crippen LogP contribution in [0.1, 0.15) is 5.69 Å². The first-order valence-corrected chi connectivity index (χ1v) is 9.56. The second kappa shape index (κ2) is 8.99. The molecule has 4 rings (SSSR count). The summed E-state index contributed by atoms with van der Waals surface area (Å²) in [5, 5.41) is 9.57. The number of pyridine rings is 1. The highest BCUT2D eigenvalue weighted by Crippen LogP contribution is 2.24. The molecule has 0 saturated heterocycles. The second-order valence-electron chi connectivity index (χ2n) is 6.71. The molecule has 0 atom stereocenters. The number of hydrogen-bond donors (Lipinski definition) is 2. The van der Waals surface area contributed by atoms with E-state index in [-0.39, 0.29) is 24.2 Å². The van der Waals surface area contributed by atoms with Gasteiger partial charge in [0.1, 0.15) is 24.0 Å². The molecule has 0 bridgehead atoms. The van der Waals surface area contributed by atoms with Gasteiger partial charge in [-0.1, -0.05) is 18.2 Å². The third kappa shape index (κ3) is 4.92. The molecule has 168 valence electrons. The average molecular weight is 455 g/mol. The lowest BCUT2D eigenvalue weighted by Gasteiger charge is -2.17. The van der Waals surface area contributed by atoms with Crippen molar-refractivity contribution in [2.45, 2.75) is 12.7 Å². The molecule has 0 aliphatic rings. The van der Waals surface area contributed by atoms with Crippen LogP contribution in [0.2, 0.25) is 0 Å². The number of ether oxygens (including phenoxy) is 2. The van der Waals surface area contributed by atoms with Crippen LogP contribution >= 0.6 is 0 Å². The standard InChI is InChI=1S/C22H16F3N5O3/c23-14-8-10-16(11-9-14)33-22(24,25)20(31)29-19-7-3-4-15(27-19)12-32-21-28-17-5-1-2-6-18(17)30(21)13-26/h1-11,13,26H,12H2,(H,27,29,31). The van der Waals surface area contributed by atoms with Crippen LogP contribution in [-0.4, -0.2) is 32.9 Å². The van der Waals surface area contributed by atoms with Gasteiger partial charge in [0.05, 0.1) is 23.1 Å². The molecule has 2 aromatic heterocycles. The van der Waals surface area contributed by atoms with E-state index in [0.29, 0.717) is 16.7 Å². The molecule has 0 aliphatic carbocycles. The van der Waals surface area contributed by atoms with Gasteiger partial charge in [-0.2, -0.15) is 13.8 Å². The maximum atomic E-state index is 14.1. The summed E-state index contributed by atoms with van der Waals surface area (Å²) in [5.41, 5.74) is 1.63. The number of imidazole rings is 1. The van der Waals surface area contributed by atoms with Crippen LogP contribution in [0, 0.1) is 11.2 Å². The second-order valence-corrected chi connectivity index (χ2v) is 6.71. The summed E-state index contributed by atoms with van der Waals surface area (Å²) in [6.07, 6.45) is -3.17. The van der Waals surface area contributed by atoms with Crippen LogP contribution < -0.4 is 14.8 Å². The van der Waals surface area contributed by atoms with E-state index in [0.717, 1.165) is 30.6 Å². The molecule has 0 aliphatic heterocycles. The van der Waals surface area contributed by atoms with Crippen LogP contribution in [0.15, 0.2) is 66.7 Å². The lowest BCUT2D eigenvalue weighted by molar-refractivity contribution is -0.187. The first-order valence-electron chi connectivity index (χ1n) is 9.56. The molecule has 4 aromatic rings. The van der Waals surface area contributed by atoms with Crippen molar-refractivity contribution in [1.82, 2.24) is 14.5 Å². The largest absolute Gasteiger partial charge is 0.482 e. The number of alkyl halides is 2. The molecule has 0 spiro atoms. The third-order valence-electron chi connectivity index (χ3n) is 4.41. The number of carbonyl (C=O) groups is 1. The van der Waals surface area contributed by atoms with Crippen LogP contribution in [0.4, 0.5) is 19.0 Å². The molecule has 2 heterocycles. The first kappa shape index (κ1) is 21.8. The molecule has 33 heavy (non-hydrogen) atoms. The number of para-hydroxylation sites is 2. The molecule has 2 aromatic carbocycles. The number of nitrogens with zero attached hydrogens (tertiary/aromatic N) is 3. The average Bonchev–Trinajstić information content (AvgIpc) is 3.17. The van der Waals surface area contributed by atoms with Crippen molar-refractivity contribution >= 4 is 29.1 Å². The Labute approximate surface area is 185 Å². The predicted octanol–water partition coefficient (Wildman–Crippen LogP) is 4.21. The maximum Gasteiger partial charge on any atom is 0.482 e. The van der Waals surface area contributed by atoms with Crippen molar-refractivity contribution in [2.75, 3.05) is 5.32 Å². The zero-order chi connectivity index (χ0) is 23.4. The normalized spacial score (nSPS) is 11.2. The molecule has 11 heteroatoms. The fourth-order valence-corrected chi connectivity index (χ4v) is 2.90. The van der Waals surface area contributed by atoms with Crippen molar-refractivity contribution < 1.29 is 27.4 Å². The lowest BCUT2D eigenvalue weighted by atomic mass is 10.3. The highest BCUT2D eigenvalue weighted by molar-refractivity contribution is 5.94. The smallest absolute Gasteiger partial charge is 0.458 e. The summed E-state index contributed by atoms with van der Waals surface area (Å²) in [7, 11) is 0. The van der Waals surface area contributed by atoms with Gasteiger partial charge in [0, 0.05) is 0 Å². The van der Waals surface area contributed by atoms with Gasteiger partial charge in [-0.05, 0) is 48.5 Å². The summed E-state index contributed by atoms with van der Waals surface area (Å²) in [4.78, 5) is 20.4. The Morgan fingerprint density at radius 1 is 1.06 bits per heavy atom. The summed E-state index contributed by atoms with van der Waals surface area (Å²) in [6.45, 7) is -0.0939. The van der Waals surface area contributed by atoms with Gasteiger partial charge < -0.3 is 14.8 Å². The van der Waals surface area contributed by atoms with Gasteiger partial charge in [-0.25, -0.2) is 9.37 Å². The number of aromatic nitrogens is 3. The molecule has 1 amide bonds. The Balaban J connectivity index is 1.43. The van der Waals surface area contributed by atoms with E-state index in [4.69, 9.17) is 10.1 Å².